The second-order valence-electron chi connectivity index (χ2n) is 5.82. The van der Waals surface area contributed by atoms with E-state index in [1.54, 1.807) is 6.07 Å². The molecule has 1 saturated heterocycles. The van der Waals surface area contributed by atoms with E-state index in [1.165, 1.54) is 6.07 Å². The summed E-state index contributed by atoms with van der Waals surface area (Å²) in [5, 5.41) is 3.30. The van der Waals surface area contributed by atoms with Gasteiger partial charge in [0.05, 0.1) is 15.8 Å². The van der Waals surface area contributed by atoms with Crippen LogP contribution in [0, 0.1) is 11.2 Å². The molecule has 106 valence electrons. The number of nitrogens with two attached hydrogens (primary N) is 1. The van der Waals surface area contributed by atoms with Crippen LogP contribution in [0.3, 0.4) is 0 Å². The molecule has 0 spiro atoms. The zero-order chi connectivity index (χ0) is 14.0. The summed E-state index contributed by atoms with van der Waals surface area (Å²) in [5.74, 6) is -0.287. The molecule has 5 heteroatoms. The minimum absolute atomic E-state index is 0.252. The maximum absolute atomic E-state index is 13.5. The number of anilines is 2. The van der Waals surface area contributed by atoms with Gasteiger partial charge in [-0.2, -0.15) is 0 Å². The number of hydrogen-bond donors (Lipinski definition) is 2. The number of nitrogens with zero attached hydrogens (tertiary/aromatic N) is 1. The smallest absolute Gasteiger partial charge is 0.139 e. The fourth-order valence-corrected chi connectivity index (χ4v) is 2.72. The third-order valence-corrected chi connectivity index (χ3v) is 4.60. The van der Waals surface area contributed by atoms with Crippen LogP contribution in [0.25, 0.3) is 0 Å². The summed E-state index contributed by atoms with van der Waals surface area (Å²) in [4.78, 5) is 2.34. The van der Waals surface area contributed by atoms with Crippen molar-refractivity contribution in [3.8, 4) is 0 Å². The number of hydrogen-bond acceptors (Lipinski definition) is 3. The lowest BCUT2D eigenvalue weighted by molar-refractivity contribution is 0.150. The minimum atomic E-state index is -0.287. The average Bonchev–Trinajstić information content (AvgIpc) is 2.36. The zero-order valence-electron chi connectivity index (χ0n) is 11.5. The van der Waals surface area contributed by atoms with Crippen molar-refractivity contribution in [3.63, 3.8) is 0 Å². The standard InChI is InChI=1S/C14H21BrFN3/c1-14(3-5-19(2)6-4-14)9-18-13-8-11(16)10(15)7-12(13)17/h7-8,18H,3-6,9,17H2,1-2H3. The Balaban J connectivity index is 2.01. The second kappa shape index (κ2) is 5.67. The molecule has 3 nitrogen and oxygen atoms in total. The van der Waals surface area contributed by atoms with Crippen LogP contribution in [0.2, 0.25) is 0 Å². The van der Waals surface area contributed by atoms with Gasteiger partial charge in [0.25, 0.3) is 0 Å². The predicted molar refractivity (Wildman–Crippen MR) is 81.8 cm³/mol. The molecule has 2 rings (SSSR count). The van der Waals surface area contributed by atoms with E-state index in [4.69, 9.17) is 5.73 Å². The topological polar surface area (TPSA) is 41.3 Å². The molecule has 0 radical (unpaired) electrons. The number of nitrogens with one attached hydrogen (secondary N) is 1. The van der Waals surface area contributed by atoms with E-state index in [-0.39, 0.29) is 11.2 Å². The van der Waals surface area contributed by atoms with Crippen molar-refractivity contribution < 1.29 is 4.39 Å². The Morgan fingerprint density at radius 2 is 2.05 bits per heavy atom. The fourth-order valence-electron chi connectivity index (χ4n) is 2.36. The molecule has 0 atom stereocenters. The Kier molecular flexibility index (Phi) is 4.36. The first-order chi connectivity index (χ1) is 8.89. The van der Waals surface area contributed by atoms with Crippen molar-refractivity contribution >= 4 is 27.3 Å². The van der Waals surface area contributed by atoms with Gasteiger partial charge < -0.3 is 16.0 Å². The first-order valence-corrected chi connectivity index (χ1v) is 7.36. The van der Waals surface area contributed by atoms with E-state index in [0.717, 1.165) is 32.5 Å². The lowest BCUT2D eigenvalue weighted by atomic mass is 9.80. The van der Waals surface area contributed by atoms with Crippen LogP contribution in [-0.2, 0) is 0 Å². The average molecular weight is 330 g/mol. The van der Waals surface area contributed by atoms with Gasteiger partial charge in [-0.3, -0.25) is 0 Å². The maximum Gasteiger partial charge on any atom is 0.139 e. The summed E-state index contributed by atoms with van der Waals surface area (Å²) in [7, 11) is 2.15. The zero-order valence-corrected chi connectivity index (χ0v) is 13.1. The fraction of sp³-hybridized carbons (Fsp3) is 0.571. The van der Waals surface area contributed by atoms with Crippen LogP contribution < -0.4 is 11.1 Å². The van der Waals surface area contributed by atoms with Crippen LogP contribution in [0.1, 0.15) is 19.8 Å². The van der Waals surface area contributed by atoms with Gasteiger partial charge in [0.15, 0.2) is 0 Å². The largest absolute Gasteiger partial charge is 0.397 e. The molecule has 0 saturated carbocycles. The molecule has 1 heterocycles. The van der Waals surface area contributed by atoms with Crippen molar-refractivity contribution in [2.75, 3.05) is 37.7 Å². The number of nitrogen functional groups attached to an aromatic ring is 1. The molecule has 1 fully saturated rings. The molecule has 19 heavy (non-hydrogen) atoms. The maximum atomic E-state index is 13.5. The van der Waals surface area contributed by atoms with Gasteiger partial charge in [0, 0.05) is 12.6 Å². The Bertz CT molecular complexity index is 456. The van der Waals surface area contributed by atoms with Crippen LogP contribution in [0.5, 0.6) is 0 Å². The summed E-state index contributed by atoms with van der Waals surface area (Å²) in [6.45, 7) is 5.33. The molecule has 1 aromatic carbocycles. The van der Waals surface area contributed by atoms with E-state index < -0.39 is 0 Å². The summed E-state index contributed by atoms with van der Waals surface area (Å²) < 4.78 is 13.9. The van der Waals surface area contributed by atoms with Crippen molar-refractivity contribution in [2.45, 2.75) is 19.8 Å². The molecule has 0 aliphatic carbocycles. The van der Waals surface area contributed by atoms with Crippen molar-refractivity contribution in [1.29, 1.82) is 0 Å². The predicted octanol–water partition coefficient (Wildman–Crippen LogP) is 3.31. The second-order valence-corrected chi connectivity index (χ2v) is 6.68. The molecule has 1 aromatic rings. The van der Waals surface area contributed by atoms with Gasteiger partial charge in [0.2, 0.25) is 0 Å². The summed E-state index contributed by atoms with van der Waals surface area (Å²) in [5.41, 5.74) is 7.41. The quantitative estimate of drug-likeness (QED) is 0.836. The van der Waals surface area contributed by atoms with E-state index in [9.17, 15) is 4.39 Å². The highest BCUT2D eigenvalue weighted by Gasteiger charge is 2.28. The van der Waals surface area contributed by atoms with E-state index >= 15 is 0 Å². The van der Waals surface area contributed by atoms with E-state index in [0.29, 0.717) is 15.8 Å². The van der Waals surface area contributed by atoms with E-state index in [2.05, 4.69) is 40.1 Å². The highest BCUT2D eigenvalue weighted by atomic mass is 79.9. The molecule has 3 N–H and O–H groups in total. The molecule has 0 unspecified atom stereocenters. The number of piperidine rings is 1. The molecule has 1 aliphatic rings. The molecular weight excluding hydrogens is 309 g/mol. The Morgan fingerprint density at radius 1 is 1.42 bits per heavy atom. The van der Waals surface area contributed by atoms with Crippen LogP contribution in [0.15, 0.2) is 16.6 Å². The van der Waals surface area contributed by atoms with Crippen LogP contribution >= 0.6 is 15.9 Å². The first-order valence-electron chi connectivity index (χ1n) is 6.57. The molecule has 0 amide bonds. The minimum Gasteiger partial charge on any atom is -0.397 e. The first kappa shape index (κ1) is 14.6. The lowest BCUT2D eigenvalue weighted by Crippen LogP contribution is -2.40. The highest BCUT2D eigenvalue weighted by Crippen LogP contribution is 2.32. The highest BCUT2D eigenvalue weighted by molar-refractivity contribution is 9.10. The number of likely N-dealkylation sites (tertiary alicyclic amines) is 1. The van der Waals surface area contributed by atoms with Gasteiger partial charge in [0.1, 0.15) is 5.82 Å². The van der Waals surface area contributed by atoms with Crippen molar-refractivity contribution in [3.05, 3.63) is 22.4 Å². The Labute approximate surface area is 122 Å². The molecule has 1 aliphatic heterocycles. The summed E-state index contributed by atoms with van der Waals surface area (Å²) in [6, 6.07) is 3.06. The third kappa shape index (κ3) is 3.60. The number of rotatable bonds is 3. The lowest BCUT2D eigenvalue weighted by Gasteiger charge is -2.38. The van der Waals surface area contributed by atoms with E-state index in [1.807, 2.05) is 0 Å². The Hall–Kier alpha value is -0.810. The molecule has 0 bridgehead atoms. The Morgan fingerprint density at radius 3 is 2.68 bits per heavy atom. The molecular formula is C14H21BrFN3. The SMILES string of the molecule is CN1CCC(C)(CNc2cc(F)c(Br)cc2N)CC1. The summed E-state index contributed by atoms with van der Waals surface area (Å²) in [6.07, 6.45) is 2.30. The van der Waals surface area contributed by atoms with Gasteiger partial charge in [-0.15, -0.1) is 0 Å². The number of halogens is 2. The number of benzene rings is 1. The van der Waals surface area contributed by atoms with Crippen molar-refractivity contribution in [2.24, 2.45) is 5.41 Å². The van der Waals surface area contributed by atoms with Crippen molar-refractivity contribution in [1.82, 2.24) is 4.90 Å². The van der Waals surface area contributed by atoms with Gasteiger partial charge in [-0.25, -0.2) is 4.39 Å². The van der Waals surface area contributed by atoms with Gasteiger partial charge in [-0.05, 0) is 60.4 Å². The molecule has 0 aromatic heterocycles. The summed E-state index contributed by atoms with van der Waals surface area (Å²) >= 11 is 3.14. The third-order valence-electron chi connectivity index (χ3n) is 3.99. The van der Waals surface area contributed by atoms with Crippen LogP contribution in [0.4, 0.5) is 15.8 Å². The monoisotopic (exact) mass is 329 g/mol. The van der Waals surface area contributed by atoms with Crippen LogP contribution in [-0.4, -0.2) is 31.6 Å². The van der Waals surface area contributed by atoms with Gasteiger partial charge >= 0.3 is 0 Å². The normalized spacial score (nSPS) is 19.4. The van der Waals surface area contributed by atoms with Gasteiger partial charge in [-0.1, -0.05) is 6.92 Å².